The highest BCUT2D eigenvalue weighted by Gasteiger charge is 2.02. The molecule has 0 aliphatic rings. The molecule has 2 nitrogen and oxygen atoms in total. The molecule has 0 aromatic heterocycles. The van der Waals surface area contributed by atoms with Crippen LogP contribution in [0.25, 0.3) is 0 Å². The number of benzene rings is 1. The van der Waals surface area contributed by atoms with E-state index in [-0.39, 0.29) is 5.97 Å². The summed E-state index contributed by atoms with van der Waals surface area (Å²) in [5.41, 5.74) is 1.07. The van der Waals surface area contributed by atoms with Gasteiger partial charge in [0.2, 0.25) is 0 Å². The number of ether oxygens (including phenoxy) is 1. The first-order valence-electron chi connectivity index (χ1n) is 4.64. The first kappa shape index (κ1) is 11.1. The van der Waals surface area contributed by atoms with Crippen LogP contribution >= 0.6 is 12.6 Å². The highest BCUT2D eigenvalue weighted by Crippen LogP contribution is 2.14. The molecule has 1 radical (unpaired) electrons. The van der Waals surface area contributed by atoms with Crippen LogP contribution in [0.2, 0.25) is 0 Å². The molecular weight excluding hydrogens is 196 g/mol. The number of carbonyl (C=O) groups is 1. The Morgan fingerprint density at radius 3 is 2.50 bits per heavy atom. The van der Waals surface area contributed by atoms with Crippen molar-refractivity contribution in [2.24, 2.45) is 0 Å². The van der Waals surface area contributed by atoms with Crippen molar-refractivity contribution in [3.05, 3.63) is 29.8 Å². The molecule has 0 amide bonds. The van der Waals surface area contributed by atoms with E-state index in [1.54, 1.807) is 12.1 Å². The predicted octanol–water partition coefficient (Wildman–Crippen LogP) is 3.09. The van der Waals surface area contributed by atoms with E-state index in [0.717, 1.165) is 12.0 Å². The summed E-state index contributed by atoms with van der Waals surface area (Å²) in [6.07, 6.45) is 1.27. The van der Waals surface area contributed by atoms with Gasteiger partial charge in [0.25, 0.3) is 0 Å². The molecule has 14 heavy (non-hydrogen) atoms. The third kappa shape index (κ3) is 3.42. The third-order valence-corrected chi connectivity index (χ3v) is 2.11. The molecule has 0 spiro atoms. The molecule has 0 saturated heterocycles. The molecule has 0 heterocycles. The van der Waals surface area contributed by atoms with E-state index in [4.69, 9.17) is 17.4 Å². The second kappa shape index (κ2) is 5.70. The zero-order chi connectivity index (χ0) is 10.4. The fourth-order valence-corrected chi connectivity index (χ4v) is 1.23. The van der Waals surface area contributed by atoms with Crippen molar-refractivity contribution in [2.75, 3.05) is 0 Å². The summed E-state index contributed by atoms with van der Waals surface area (Å²) in [4.78, 5) is 11.1. The Bertz CT molecular complexity index is 293. The quantitative estimate of drug-likeness (QED) is 0.562. The summed E-state index contributed by atoms with van der Waals surface area (Å²) in [7, 11) is 0. The van der Waals surface area contributed by atoms with Gasteiger partial charge in [0.1, 0.15) is 5.75 Å². The largest absolute Gasteiger partial charge is 0.427 e. The van der Waals surface area contributed by atoms with Crippen LogP contribution in [0.4, 0.5) is 0 Å². The molecule has 0 aliphatic carbocycles. The lowest BCUT2D eigenvalue weighted by molar-refractivity contribution is -0.134. The van der Waals surface area contributed by atoms with Crippen LogP contribution in [0.15, 0.2) is 24.3 Å². The van der Waals surface area contributed by atoms with Crippen molar-refractivity contribution in [1.29, 1.82) is 0 Å². The minimum Gasteiger partial charge on any atom is -0.427 e. The highest BCUT2D eigenvalue weighted by molar-refractivity contribution is 7.79. The number of esters is 1. The molecule has 0 saturated carbocycles. The monoisotopic (exact) mass is 209 g/mol. The first-order valence-corrected chi connectivity index (χ1v) is 5.21. The van der Waals surface area contributed by atoms with Gasteiger partial charge in [-0.15, -0.1) is 0 Å². The Morgan fingerprint density at radius 2 is 2.00 bits per heavy atom. The number of rotatable bonds is 4. The summed E-state index contributed by atoms with van der Waals surface area (Å²) in [5, 5.41) is 0. The van der Waals surface area contributed by atoms with Gasteiger partial charge in [-0.05, 0) is 24.1 Å². The molecule has 1 rings (SSSR count). The Balaban J connectivity index is 2.55. The normalized spacial score (nSPS) is 9.86. The van der Waals surface area contributed by atoms with Gasteiger partial charge in [0.15, 0.2) is 0 Å². The minimum atomic E-state index is -0.182. The number of hydrogen-bond acceptors (Lipinski definition) is 2. The van der Waals surface area contributed by atoms with Gasteiger partial charge < -0.3 is 4.74 Å². The maximum absolute atomic E-state index is 11.1. The van der Waals surface area contributed by atoms with Gasteiger partial charge in [0, 0.05) is 12.2 Å². The van der Waals surface area contributed by atoms with Gasteiger partial charge in [-0.2, -0.15) is 0 Å². The molecular formula is C11H13O2S. The summed E-state index contributed by atoms with van der Waals surface area (Å²) in [6.45, 7) is 1.95. The van der Waals surface area contributed by atoms with Crippen molar-refractivity contribution < 1.29 is 9.53 Å². The van der Waals surface area contributed by atoms with Crippen LogP contribution in [-0.2, 0) is 10.5 Å². The van der Waals surface area contributed by atoms with E-state index in [1.807, 2.05) is 19.1 Å². The third-order valence-electron chi connectivity index (χ3n) is 1.78. The number of hydrogen-bond donors (Lipinski definition) is 0. The maximum Gasteiger partial charge on any atom is 0.311 e. The molecule has 75 valence electrons. The van der Waals surface area contributed by atoms with Gasteiger partial charge in [0.05, 0.1) is 0 Å². The molecule has 1 aromatic carbocycles. The molecule has 0 bridgehead atoms. The molecule has 0 fully saturated rings. The summed E-state index contributed by atoms with van der Waals surface area (Å²) >= 11 is 4.88. The van der Waals surface area contributed by atoms with Crippen LogP contribution in [0.5, 0.6) is 5.75 Å². The molecule has 0 unspecified atom stereocenters. The first-order chi connectivity index (χ1) is 6.76. The van der Waals surface area contributed by atoms with Crippen molar-refractivity contribution in [2.45, 2.75) is 25.5 Å². The Morgan fingerprint density at radius 1 is 1.36 bits per heavy atom. The summed E-state index contributed by atoms with van der Waals surface area (Å²) in [5.74, 6) is 0.998. The average molecular weight is 209 g/mol. The van der Waals surface area contributed by atoms with E-state index in [9.17, 15) is 4.79 Å². The second-order valence-corrected chi connectivity index (χ2v) is 3.30. The van der Waals surface area contributed by atoms with Crippen LogP contribution in [-0.4, -0.2) is 5.97 Å². The van der Waals surface area contributed by atoms with Gasteiger partial charge in [-0.1, -0.05) is 31.7 Å². The number of carbonyl (C=O) groups excluding carboxylic acids is 1. The Hall–Kier alpha value is -0.960. The maximum atomic E-state index is 11.1. The van der Waals surface area contributed by atoms with Crippen LogP contribution in [0, 0.1) is 0 Å². The van der Waals surface area contributed by atoms with Crippen LogP contribution in [0.3, 0.4) is 0 Å². The van der Waals surface area contributed by atoms with Crippen molar-refractivity contribution >= 4 is 18.6 Å². The zero-order valence-corrected chi connectivity index (χ0v) is 8.97. The van der Waals surface area contributed by atoms with Crippen molar-refractivity contribution in [1.82, 2.24) is 0 Å². The van der Waals surface area contributed by atoms with Crippen LogP contribution < -0.4 is 4.74 Å². The topological polar surface area (TPSA) is 26.3 Å². The highest BCUT2D eigenvalue weighted by atomic mass is 32.1. The fourth-order valence-electron chi connectivity index (χ4n) is 1.04. The lowest BCUT2D eigenvalue weighted by atomic mass is 10.2. The van der Waals surface area contributed by atoms with E-state index in [1.165, 1.54) is 0 Å². The average Bonchev–Trinajstić information content (AvgIpc) is 2.19. The predicted molar refractivity (Wildman–Crippen MR) is 58.3 cm³/mol. The lowest BCUT2D eigenvalue weighted by Crippen LogP contribution is -2.06. The van der Waals surface area contributed by atoms with Gasteiger partial charge in [-0.3, -0.25) is 4.79 Å². The molecule has 3 heteroatoms. The zero-order valence-electron chi connectivity index (χ0n) is 8.16. The van der Waals surface area contributed by atoms with E-state index >= 15 is 0 Å². The SMILES string of the molecule is CCCC(=O)Oc1ccc(C[S])cc1. The molecule has 1 aromatic rings. The minimum absolute atomic E-state index is 0.182. The molecule has 0 N–H and O–H groups in total. The summed E-state index contributed by atoms with van der Waals surface area (Å²) < 4.78 is 5.08. The molecule has 0 atom stereocenters. The Kier molecular flexibility index (Phi) is 4.53. The summed E-state index contributed by atoms with van der Waals surface area (Å²) in [6, 6.07) is 7.30. The van der Waals surface area contributed by atoms with E-state index in [2.05, 4.69) is 0 Å². The lowest BCUT2D eigenvalue weighted by Gasteiger charge is -2.03. The molecule has 0 aliphatic heterocycles. The van der Waals surface area contributed by atoms with Crippen LogP contribution in [0.1, 0.15) is 25.3 Å². The fraction of sp³-hybridized carbons (Fsp3) is 0.364. The van der Waals surface area contributed by atoms with Gasteiger partial charge >= 0.3 is 5.97 Å². The Labute approximate surface area is 89.7 Å². The van der Waals surface area contributed by atoms with Gasteiger partial charge in [-0.25, -0.2) is 0 Å². The van der Waals surface area contributed by atoms with Crippen molar-refractivity contribution in [3.63, 3.8) is 0 Å². The standard InChI is InChI=1S/C11H13O2S/c1-2-3-11(12)13-10-6-4-9(8-14)5-7-10/h4-7H,2-3,8H2,1H3. The second-order valence-electron chi connectivity index (χ2n) is 3.01. The van der Waals surface area contributed by atoms with E-state index < -0.39 is 0 Å². The van der Waals surface area contributed by atoms with E-state index in [0.29, 0.717) is 17.9 Å². The smallest absolute Gasteiger partial charge is 0.311 e. The van der Waals surface area contributed by atoms with Crippen molar-refractivity contribution in [3.8, 4) is 5.75 Å².